The third-order valence-corrected chi connectivity index (χ3v) is 2.76. The topological polar surface area (TPSA) is 20.2 Å². The Kier molecular flexibility index (Phi) is 4.86. The van der Waals surface area contributed by atoms with Crippen LogP contribution in [0.5, 0.6) is 0 Å². The van der Waals surface area contributed by atoms with E-state index in [9.17, 15) is 5.11 Å². The summed E-state index contributed by atoms with van der Waals surface area (Å²) in [5.74, 6) is 0.00205. The van der Waals surface area contributed by atoms with Crippen LogP contribution in [0.2, 0.25) is 5.02 Å². The minimum atomic E-state index is -0.353. The van der Waals surface area contributed by atoms with Crippen LogP contribution in [0.25, 0.3) is 0 Å². The molecule has 0 fully saturated rings. The minimum Gasteiger partial charge on any atom is -0.392 e. The van der Waals surface area contributed by atoms with Crippen molar-refractivity contribution in [1.29, 1.82) is 0 Å². The largest absolute Gasteiger partial charge is 0.392 e. The Labute approximate surface area is 96.4 Å². The zero-order chi connectivity index (χ0) is 11.3. The summed E-state index contributed by atoms with van der Waals surface area (Å²) in [4.78, 5) is 0. The lowest BCUT2D eigenvalue weighted by Crippen LogP contribution is -2.16. The molecule has 1 nitrogen and oxygen atoms in total. The van der Waals surface area contributed by atoms with Crippen LogP contribution in [0.1, 0.15) is 31.2 Å². The van der Waals surface area contributed by atoms with Gasteiger partial charge in [0.15, 0.2) is 0 Å². The van der Waals surface area contributed by atoms with Gasteiger partial charge in [0.25, 0.3) is 0 Å². The number of halogens is 1. The maximum atomic E-state index is 9.93. The van der Waals surface area contributed by atoms with Gasteiger partial charge in [-0.2, -0.15) is 0 Å². The van der Waals surface area contributed by atoms with Crippen molar-refractivity contribution in [2.24, 2.45) is 0 Å². The maximum Gasteiger partial charge on any atom is 0.0643 e. The van der Waals surface area contributed by atoms with Crippen LogP contribution >= 0.6 is 11.6 Å². The molecule has 0 bridgehead atoms. The van der Waals surface area contributed by atoms with E-state index in [0.717, 1.165) is 18.4 Å². The van der Waals surface area contributed by atoms with Crippen molar-refractivity contribution in [2.75, 3.05) is 0 Å². The molecular formula is C13H17ClO. The summed E-state index contributed by atoms with van der Waals surface area (Å²) in [6.45, 7) is 5.83. The van der Waals surface area contributed by atoms with Crippen molar-refractivity contribution in [3.05, 3.63) is 47.5 Å². The van der Waals surface area contributed by atoms with Gasteiger partial charge in [0.05, 0.1) is 6.10 Å². The zero-order valence-electron chi connectivity index (χ0n) is 8.99. The average Bonchev–Trinajstić information content (AvgIpc) is 2.22. The number of aliphatic hydroxyl groups excluding tert-OH is 1. The number of aliphatic hydroxyl groups is 1. The fraction of sp³-hybridized carbons (Fsp3) is 0.385. The Hall–Kier alpha value is -0.790. The Morgan fingerprint density at radius 2 is 2.00 bits per heavy atom. The van der Waals surface area contributed by atoms with Crippen molar-refractivity contribution in [3.63, 3.8) is 0 Å². The molecule has 1 aromatic rings. The van der Waals surface area contributed by atoms with E-state index in [1.807, 2.05) is 24.3 Å². The van der Waals surface area contributed by atoms with Crippen molar-refractivity contribution >= 4 is 11.6 Å². The highest BCUT2D eigenvalue weighted by Gasteiger charge is 2.16. The smallest absolute Gasteiger partial charge is 0.0643 e. The molecule has 1 rings (SSSR count). The molecule has 0 heterocycles. The van der Waals surface area contributed by atoms with Gasteiger partial charge in [0.1, 0.15) is 0 Å². The lowest BCUT2D eigenvalue weighted by molar-refractivity contribution is 0.148. The van der Waals surface area contributed by atoms with Crippen LogP contribution in [-0.2, 0) is 0 Å². The first-order chi connectivity index (χ1) is 7.19. The first kappa shape index (κ1) is 12.3. The standard InChI is InChI=1S/C13H17ClO/c1-3-5-13(15)12(4-2)10-6-8-11(14)9-7-10/h4,6-9,12-13,15H,2-3,5H2,1H3/t12-,13-/m0/s1. The van der Waals surface area contributed by atoms with Gasteiger partial charge in [-0.25, -0.2) is 0 Å². The van der Waals surface area contributed by atoms with Crippen molar-refractivity contribution in [2.45, 2.75) is 31.8 Å². The fourth-order valence-electron chi connectivity index (χ4n) is 1.68. The summed E-state index contributed by atoms with van der Waals surface area (Å²) in [5.41, 5.74) is 1.07. The fourth-order valence-corrected chi connectivity index (χ4v) is 1.80. The van der Waals surface area contributed by atoms with Crippen molar-refractivity contribution < 1.29 is 5.11 Å². The number of hydrogen-bond acceptors (Lipinski definition) is 1. The van der Waals surface area contributed by atoms with Gasteiger partial charge in [-0.1, -0.05) is 43.2 Å². The second-order valence-corrected chi connectivity index (χ2v) is 4.11. The molecule has 0 saturated carbocycles. The lowest BCUT2D eigenvalue weighted by Gasteiger charge is -2.19. The molecule has 0 aromatic heterocycles. The lowest BCUT2D eigenvalue weighted by atomic mass is 9.91. The normalized spacial score (nSPS) is 14.6. The highest BCUT2D eigenvalue weighted by Crippen LogP contribution is 2.24. The molecule has 2 atom stereocenters. The van der Waals surface area contributed by atoms with Crippen LogP contribution in [0.15, 0.2) is 36.9 Å². The molecule has 0 spiro atoms. The Morgan fingerprint density at radius 3 is 2.47 bits per heavy atom. The molecule has 0 aliphatic rings. The maximum absolute atomic E-state index is 9.93. The van der Waals surface area contributed by atoms with E-state index >= 15 is 0 Å². The van der Waals surface area contributed by atoms with Crippen LogP contribution < -0.4 is 0 Å². The molecule has 0 aliphatic carbocycles. The van der Waals surface area contributed by atoms with E-state index in [4.69, 9.17) is 11.6 Å². The zero-order valence-corrected chi connectivity index (χ0v) is 9.74. The Balaban J connectivity index is 2.82. The van der Waals surface area contributed by atoms with Crippen molar-refractivity contribution in [3.8, 4) is 0 Å². The highest BCUT2D eigenvalue weighted by molar-refractivity contribution is 6.30. The van der Waals surface area contributed by atoms with E-state index in [0.29, 0.717) is 5.02 Å². The first-order valence-electron chi connectivity index (χ1n) is 5.25. The van der Waals surface area contributed by atoms with Gasteiger partial charge in [0.2, 0.25) is 0 Å². The third-order valence-electron chi connectivity index (χ3n) is 2.51. The van der Waals surface area contributed by atoms with E-state index in [-0.39, 0.29) is 12.0 Å². The molecule has 0 aliphatic heterocycles. The number of hydrogen-bond donors (Lipinski definition) is 1. The summed E-state index contributed by atoms with van der Waals surface area (Å²) in [5, 5.41) is 10.6. The summed E-state index contributed by atoms with van der Waals surface area (Å²) < 4.78 is 0. The summed E-state index contributed by atoms with van der Waals surface area (Å²) in [6.07, 6.45) is 3.20. The summed E-state index contributed by atoms with van der Waals surface area (Å²) in [6, 6.07) is 7.55. The van der Waals surface area contributed by atoms with E-state index in [1.165, 1.54) is 0 Å². The number of rotatable bonds is 5. The van der Waals surface area contributed by atoms with Gasteiger partial charge in [-0.05, 0) is 24.1 Å². The summed E-state index contributed by atoms with van der Waals surface area (Å²) >= 11 is 5.81. The predicted octanol–water partition coefficient (Wildman–Crippen LogP) is 3.77. The molecule has 2 heteroatoms. The van der Waals surface area contributed by atoms with Crippen LogP contribution in [0, 0.1) is 0 Å². The van der Waals surface area contributed by atoms with Gasteiger partial charge >= 0.3 is 0 Å². The SMILES string of the molecule is C=C[C@@H](c1ccc(Cl)cc1)[C@@H](O)CCC. The molecule has 1 N–H and O–H groups in total. The Morgan fingerprint density at radius 1 is 1.40 bits per heavy atom. The van der Waals surface area contributed by atoms with Gasteiger partial charge in [0, 0.05) is 10.9 Å². The second kappa shape index (κ2) is 5.94. The van der Waals surface area contributed by atoms with Crippen LogP contribution in [0.4, 0.5) is 0 Å². The van der Waals surface area contributed by atoms with Gasteiger partial charge in [-0.15, -0.1) is 6.58 Å². The molecule has 15 heavy (non-hydrogen) atoms. The van der Waals surface area contributed by atoms with Gasteiger partial charge in [-0.3, -0.25) is 0 Å². The van der Waals surface area contributed by atoms with Crippen LogP contribution in [-0.4, -0.2) is 11.2 Å². The summed E-state index contributed by atoms with van der Waals surface area (Å²) in [7, 11) is 0. The minimum absolute atomic E-state index is 0.00205. The van der Waals surface area contributed by atoms with E-state index in [2.05, 4.69) is 13.5 Å². The third kappa shape index (κ3) is 3.37. The molecular weight excluding hydrogens is 208 g/mol. The van der Waals surface area contributed by atoms with E-state index in [1.54, 1.807) is 6.08 Å². The Bertz CT molecular complexity index is 305. The predicted molar refractivity (Wildman–Crippen MR) is 65.3 cm³/mol. The molecule has 0 saturated heterocycles. The second-order valence-electron chi connectivity index (χ2n) is 3.67. The van der Waals surface area contributed by atoms with Crippen LogP contribution in [0.3, 0.4) is 0 Å². The highest BCUT2D eigenvalue weighted by atomic mass is 35.5. The average molecular weight is 225 g/mol. The molecule has 1 aromatic carbocycles. The van der Waals surface area contributed by atoms with E-state index < -0.39 is 0 Å². The van der Waals surface area contributed by atoms with Gasteiger partial charge < -0.3 is 5.11 Å². The number of benzene rings is 1. The first-order valence-corrected chi connectivity index (χ1v) is 5.63. The van der Waals surface area contributed by atoms with Crippen molar-refractivity contribution in [1.82, 2.24) is 0 Å². The quantitative estimate of drug-likeness (QED) is 0.755. The molecule has 0 unspecified atom stereocenters. The molecule has 82 valence electrons. The monoisotopic (exact) mass is 224 g/mol. The molecule has 0 radical (unpaired) electrons. The molecule has 0 amide bonds.